The Bertz CT molecular complexity index is 1150. The van der Waals surface area contributed by atoms with Crippen molar-refractivity contribution in [3.8, 4) is 11.1 Å². The van der Waals surface area contributed by atoms with E-state index in [0.717, 1.165) is 24.2 Å². The molecule has 3 fully saturated rings. The van der Waals surface area contributed by atoms with Gasteiger partial charge < -0.3 is 9.80 Å². The number of fused-ring (bicyclic) bond motifs is 3. The molecule has 3 aromatic heterocycles. The molecule has 2 unspecified atom stereocenters. The molecule has 1 saturated carbocycles. The topological polar surface area (TPSA) is 71.6 Å². The summed E-state index contributed by atoms with van der Waals surface area (Å²) in [7, 11) is 0. The number of rotatable bonds is 4. The van der Waals surface area contributed by atoms with Crippen molar-refractivity contribution in [3.63, 3.8) is 0 Å². The first kappa shape index (κ1) is 18.6. The summed E-state index contributed by atoms with van der Waals surface area (Å²) in [4.78, 5) is 21.2. The number of alkyl halides is 3. The van der Waals surface area contributed by atoms with Crippen LogP contribution >= 0.6 is 0 Å². The van der Waals surface area contributed by atoms with E-state index in [2.05, 4.69) is 20.1 Å². The highest BCUT2D eigenvalue weighted by atomic mass is 19.3. The summed E-state index contributed by atoms with van der Waals surface area (Å²) in [6, 6.07) is 1.96. The molecule has 11 heteroatoms. The number of piperazine rings is 1. The maximum atomic E-state index is 13.4. The van der Waals surface area contributed by atoms with Crippen LogP contribution in [-0.4, -0.2) is 66.5 Å². The van der Waals surface area contributed by atoms with E-state index >= 15 is 0 Å². The van der Waals surface area contributed by atoms with Crippen molar-refractivity contribution < 1.29 is 18.0 Å². The number of anilines is 1. The second-order valence-electron chi connectivity index (χ2n) is 8.52. The molecule has 8 nitrogen and oxygen atoms in total. The Hall–Kier alpha value is -3.11. The Labute approximate surface area is 175 Å². The zero-order chi connectivity index (χ0) is 21.3. The monoisotopic (exact) mass is 431 g/mol. The third kappa shape index (κ3) is 2.97. The average molecular weight is 431 g/mol. The number of halogens is 3. The number of aromatic nitrogens is 5. The molecule has 3 aliphatic rings. The van der Waals surface area contributed by atoms with Crippen LogP contribution in [0.25, 0.3) is 16.6 Å². The molecule has 3 aromatic rings. The van der Waals surface area contributed by atoms with Crippen LogP contribution in [0.4, 0.5) is 19.0 Å². The molecule has 1 amide bonds. The molecule has 0 N–H and O–H groups in total. The highest BCUT2D eigenvalue weighted by Crippen LogP contribution is 2.41. The third-order valence-corrected chi connectivity index (χ3v) is 6.59. The second-order valence-corrected chi connectivity index (χ2v) is 8.52. The molecular weight excluding hydrogens is 411 g/mol. The summed E-state index contributed by atoms with van der Waals surface area (Å²) < 4.78 is 41.5. The van der Waals surface area contributed by atoms with Crippen molar-refractivity contribution >= 4 is 17.2 Å². The van der Waals surface area contributed by atoms with Crippen LogP contribution in [-0.2, 0) is 4.79 Å². The van der Waals surface area contributed by atoms with E-state index in [1.807, 2.05) is 11.0 Å². The summed E-state index contributed by atoms with van der Waals surface area (Å²) in [5.74, 6) is 0.234. The van der Waals surface area contributed by atoms with Gasteiger partial charge in [0.25, 0.3) is 0 Å². The van der Waals surface area contributed by atoms with Gasteiger partial charge in [0.15, 0.2) is 5.82 Å². The molecule has 2 aliphatic heterocycles. The quantitative estimate of drug-likeness (QED) is 0.635. The number of nitrogens with zero attached hydrogens (tertiary/aromatic N) is 7. The number of hydrogen-bond donors (Lipinski definition) is 0. The van der Waals surface area contributed by atoms with E-state index in [1.54, 1.807) is 10.7 Å². The van der Waals surface area contributed by atoms with E-state index in [4.69, 9.17) is 0 Å². The Balaban J connectivity index is 1.29. The molecule has 5 heterocycles. The first-order valence-electron chi connectivity index (χ1n) is 10.4. The lowest BCUT2D eigenvalue weighted by Gasteiger charge is -2.41. The van der Waals surface area contributed by atoms with Crippen LogP contribution in [0.2, 0.25) is 0 Å². The predicted molar refractivity (Wildman–Crippen MR) is 104 cm³/mol. The van der Waals surface area contributed by atoms with Crippen LogP contribution in [0.1, 0.15) is 25.8 Å². The van der Waals surface area contributed by atoms with E-state index in [0.29, 0.717) is 35.3 Å². The summed E-state index contributed by atoms with van der Waals surface area (Å²) in [5.41, 5.74) is 2.04. The lowest BCUT2D eigenvalue weighted by atomic mass is 10.1. The van der Waals surface area contributed by atoms with Crippen LogP contribution in [0, 0.1) is 5.92 Å². The van der Waals surface area contributed by atoms with Crippen molar-refractivity contribution in [3.05, 3.63) is 31.0 Å². The van der Waals surface area contributed by atoms with Gasteiger partial charge in [0.1, 0.15) is 18.0 Å². The number of hydrogen-bond acceptors (Lipinski definition) is 5. The Morgan fingerprint density at radius 2 is 1.84 bits per heavy atom. The van der Waals surface area contributed by atoms with Gasteiger partial charge in [-0.1, -0.05) is 0 Å². The van der Waals surface area contributed by atoms with Crippen LogP contribution < -0.4 is 4.90 Å². The van der Waals surface area contributed by atoms with Gasteiger partial charge in [-0.15, -0.1) is 0 Å². The molecule has 0 spiro atoms. The lowest BCUT2D eigenvalue weighted by Crippen LogP contribution is -2.56. The Kier molecular flexibility index (Phi) is 4.03. The molecule has 6 rings (SSSR count). The largest absolute Gasteiger partial charge is 0.351 e. The van der Waals surface area contributed by atoms with Crippen LogP contribution in [0.3, 0.4) is 0 Å². The van der Waals surface area contributed by atoms with Gasteiger partial charge in [-0.05, 0) is 25.3 Å². The van der Waals surface area contributed by atoms with E-state index in [-0.39, 0.29) is 18.0 Å². The zero-order valence-electron chi connectivity index (χ0n) is 16.5. The summed E-state index contributed by atoms with van der Waals surface area (Å²) in [6.45, 7) is -1.44. The van der Waals surface area contributed by atoms with Gasteiger partial charge in [-0.3, -0.25) is 4.79 Å². The predicted octanol–water partition coefficient (Wildman–Crippen LogP) is 2.53. The molecule has 2 bridgehead atoms. The standard InChI is InChI=1S/C20H20F3N7O/c21-16-4-15(16)19(31)30-13-1-2-14(30)9-27(8-13)18-17-3-11(6-28(17)26-10-24-18)12-5-25-29(7-12)20(22)23/h3,5-7,10,13-16,20H,1-2,4,8-9H2/t13?,14?,15-,16+/m0/s1. The van der Waals surface area contributed by atoms with Gasteiger partial charge in [-0.2, -0.15) is 19.0 Å². The molecule has 2 saturated heterocycles. The maximum absolute atomic E-state index is 13.4. The fraction of sp³-hybridized carbons (Fsp3) is 0.500. The molecule has 31 heavy (non-hydrogen) atoms. The summed E-state index contributed by atoms with van der Waals surface area (Å²) >= 11 is 0. The fourth-order valence-corrected chi connectivity index (χ4v) is 4.96. The van der Waals surface area contributed by atoms with Gasteiger partial charge in [0.2, 0.25) is 5.91 Å². The molecule has 4 atom stereocenters. The van der Waals surface area contributed by atoms with Crippen molar-refractivity contribution in [2.45, 2.75) is 44.1 Å². The first-order chi connectivity index (χ1) is 15.0. The van der Waals surface area contributed by atoms with Crippen molar-refractivity contribution in [1.29, 1.82) is 0 Å². The van der Waals surface area contributed by atoms with Gasteiger partial charge >= 0.3 is 6.55 Å². The minimum atomic E-state index is -2.70. The molecule has 1 aliphatic carbocycles. The normalized spacial score (nSPS) is 27.5. The molecule has 162 valence electrons. The average Bonchev–Trinajstić information content (AvgIpc) is 3.12. The van der Waals surface area contributed by atoms with Crippen molar-refractivity contribution in [2.24, 2.45) is 5.92 Å². The maximum Gasteiger partial charge on any atom is 0.333 e. The second kappa shape index (κ2) is 6.69. The Morgan fingerprint density at radius 1 is 1.10 bits per heavy atom. The van der Waals surface area contributed by atoms with E-state index in [1.165, 1.54) is 18.7 Å². The number of amides is 1. The van der Waals surface area contributed by atoms with E-state index in [9.17, 15) is 18.0 Å². The smallest absolute Gasteiger partial charge is 0.333 e. The minimum Gasteiger partial charge on any atom is -0.351 e. The third-order valence-electron chi connectivity index (χ3n) is 6.59. The number of carbonyl (C=O) groups is 1. The Morgan fingerprint density at radius 3 is 2.48 bits per heavy atom. The first-order valence-corrected chi connectivity index (χ1v) is 10.4. The molecular formula is C20H20F3N7O. The molecule has 0 aromatic carbocycles. The van der Waals surface area contributed by atoms with Gasteiger partial charge in [0.05, 0.1) is 12.1 Å². The van der Waals surface area contributed by atoms with Crippen LogP contribution in [0.15, 0.2) is 31.0 Å². The minimum absolute atomic E-state index is 0.0477. The lowest BCUT2D eigenvalue weighted by molar-refractivity contribution is -0.136. The zero-order valence-corrected chi connectivity index (χ0v) is 16.5. The fourth-order valence-electron chi connectivity index (χ4n) is 4.96. The van der Waals surface area contributed by atoms with Gasteiger partial charge in [-0.25, -0.2) is 18.6 Å². The number of carbonyl (C=O) groups excluding carboxylic acids is 1. The summed E-state index contributed by atoms with van der Waals surface area (Å²) in [5, 5.41) is 7.96. The van der Waals surface area contributed by atoms with E-state index < -0.39 is 18.6 Å². The van der Waals surface area contributed by atoms with Gasteiger partial charge in [0, 0.05) is 48.7 Å². The highest BCUT2D eigenvalue weighted by molar-refractivity contribution is 5.84. The highest BCUT2D eigenvalue weighted by Gasteiger charge is 2.51. The van der Waals surface area contributed by atoms with Crippen molar-refractivity contribution in [2.75, 3.05) is 18.0 Å². The molecule has 0 radical (unpaired) electrons. The summed E-state index contributed by atoms with van der Waals surface area (Å²) in [6.07, 6.45) is 7.08. The van der Waals surface area contributed by atoms with Crippen LogP contribution in [0.5, 0.6) is 0 Å². The SMILES string of the molecule is O=C([C@H]1C[C@H]1F)N1C2CCC1CN(c1ncnn3cc(-c4cnn(C(F)F)c4)cc13)C2. The van der Waals surface area contributed by atoms with Crippen molar-refractivity contribution in [1.82, 2.24) is 29.3 Å².